The van der Waals surface area contributed by atoms with Crippen molar-refractivity contribution in [2.75, 3.05) is 4.72 Å². The van der Waals surface area contributed by atoms with Crippen molar-refractivity contribution in [3.05, 3.63) is 90.0 Å². The summed E-state index contributed by atoms with van der Waals surface area (Å²) < 4.78 is 35.3. The van der Waals surface area contributed by atoms with E-state index in [0.717, 1.165) is 22.3 Å². The van der Waals surface area contributed by atoms with Gasteiger partial charge in [0.2, 0.25) is 10.0 Å². The fourth-order valence-corrected chi connectivity index (χ4v) is 5.97. The fourth-order valence-electron chi connectivity index (χ4n) is 4.40. The van der Waals surface area contributed by atoms with Crippen molar-refractivity contribution in [1.29, 1.82) is 0 Å². The molecule has 0 spiro atoms. The molecule has 0 saturated carbocycles. The molecule has 1 saturated heterocycles. The third kappa shape index (κ3) is 3.56. The summed E-state index contributed by atoms with van der Waals surface area (Å²) in [5.74, 6) is 0.293. The average Bonchev–Trinajstić information content (AvgIpc) is 3.35. The first-order valence-electron chi connectivity index (χ1n) is 9.97. The number of aromatic hydroxyl groups is 2. The number of fused-ring (bicyclic) bond motifs is 2. The predicted octanol–water partition coefficient (Wildman–Crippen LogP) is 3.99. The Bertz CT molecular complexity index is 1240. The van der Waals surface area contributed by atoms with E-state index >= 15 is 0 Å². The van der Waals surface area contributed by atoms with E-state index in [9.17, 15) is 18.6 Å². The van der Waals surface area contributed by atoms with Crippen molar-refractivity contribution in [1.82, 2.24) is 0 Å². The molecule has 5 rings (SSSR count). The summed E-state index contributed by atoms with van der Waals surface area (Å²) in [5.41, 5.74) is 3.90. The van der Waals surface area contributed by atoms with Gasteiger partial charge >= 0.3 is 0 Å². The Morgan fingerprint density at radius 2 is 1.32 bits per heavy atom. The van der Waals surface area contributed by atoms with Crippen LogP contribution >= 0.6 is 0 Å². The van der Waals surface area contributed by atoms with Gasteiger partial charge in [-0.2, -0.15) is 0 Å². The van der Waals surface area contributed by atoms with Crippen LogP contribution in [0.25, 0.3) is 11.1 Å². The molecule has 2 heterocycles. The second-order valence-corrected chi connectivity index (χ2v) is 9.65. The number of phenols is 2. The second kappa shape index (κ2) is 7.44. The Kier molecular flexibility index (Phi) is 4.72. The number of phenolic OH excluding ortho intramolecular Hbond substituents is 2. The maximum absolute atomic E-state index is 13.2. The molecule has 0 amide bonds. The van der Waals surface area contributed by atoms with E-state index < -0.39 is 21.4 Å². The highest BCUT2D eigenvalue weighted by atomic mass is 32.2. The highest BCUT2D eigenvalue weighted by Gasteiger charge is 2.52. The van der Waals surface area contributed by atoms with Crippen molar-refractivity contribution in [2.24, 2.45) is 0 Å². The van der Waals surface area contributed by atoms with Crippen LogP contribution < -0.4 is 4.72 Å². The maximum atomic E-state index is 13.2. The van der Waals surface area contributed by atoms with Crippen molar-refractivity contribution < 1.29 is 23.4 Å². The fraction of sp³-hybridized carbons (Fsp3) is 0.167. The van der Waals surface area contributed by atoms with Crippen LogP contribution in [0.5, 0.6) is 11.5 Å². The quantitative estimate of drug-likeness (QED) is 0.563. The number of para-hydroxylation sites is 1. The number of sulfonamides is 1. The number of hydrogen-bond acceptors (Lipinski definition) is 5. The molecule has 3 atom stereocenters. The molecule has 0 aromatic heterocycles. The summed E-state index contributed by atoms with van der Waals surface area (Å²) in [6.45, 7) is 0. The molecule has 3 aromatic rings. The first-order valence-corrected chi connectivity index (χ1v) is 11.5. The van der Waals surface area contributed by atoms with Crippen LogP contribution in [0.2, 0.25) is 0 Å². The Balaban J connectivity index is 1.58. The molecule has 7 heteroatoms. The van der Waals surface area contributed by atoms with Gasteiger partial charge in [-0.25, -0.2) is 8.42 Å². The summed E-state index contributed by atoms with van der Waals surface area (Å²) in [6.07, 6.45) is -0.680. The normalized spacial score (nSPS) is 22.6. The van der Waals surface area contributed by atoms with Crippen LogP contribution in [0, 0.1) is 0 Å². The highest BCUT2D eigenvalue weighted by molar-refractivity contribution is 7.93. The van der Waals surface area contributed by atoms with Crippen molar-refractivity contribution in [3.63, 3.8) is 0 Å². The van der Waals surface area contributed by atoms with Crippen molar-refractivity contribution in [3.8, 4) is 11.5 Å². The molecule has 1 fully saturated rings. The molecule has 3 aromatic carbocycles. The van der Waals surface area contributed by atoms with Gasteiger partial charge in [0.05, 0.1) is 6.10 Å². The lowest BCUT2D eigenvalue weighted by Crippen LogP contribution is -2.36. The molecule has 0 radical (unpaired) electrons. The summed E-state index contributed by atoms with van der Waals surface area (Å²) in [5, 5.41) is 18.6. The van der Waals surface area contributed by atoms with Gasteiger partial charge in [-0.05, 0) is 65.1 Å². The number of ether oxygens (including phenoxy) is 1. The summed E-state index contributed by atoms with van der Waals surface area (Å²) in [4.78, 5) is 0. The number of rotatable bonds is 5. The Labute approximate surface area is 180 Å². The Hall–Kier alpha value is -3.29. The minimum Gasteiger partial charge on any atom is -0.508 e. The molecule has 2 aliphatic rings. The summed E-state index contributed by atoms with van der Waals surface area (Å²) >= 11 is 0. The molecule has 6 nitrogen and oxygen atoms in total. The van der Waals surface area contributed by atoms with Crippen LogP contribution in [-0.2, 0) is 14.8 Å². The van der Waals surface area contributed by atoms with Crippen LogP contribution in [-0.4, -0.2) is 36.1 Å². The van der Waals surface area contributed by atoms with E-state index in [1.807, 2.05) is 6.07 Å². The van der Waals surface area contributed by atoms with Gasteiger partial charge in [-0.15, -0.1) is 0 Å². The molecule has 0 unspecified atom stereocenters. The molecule has 2 aliphatic heterocycles. The lowest BCUT2D eigenvalue weighted by Gasteiger charge is -2.25. The number of hydrogen-bond donors (Lipinski definition) is 3. The zero-order valence-electron chi connectivity index (χ0n) is 16.5. The Morgan fingerprint density at radius 1 is 0.774 bits per heavy atom. The zero-order valence-corrected chi connectivity index (χ0v) is 17.3. The largest absolute Gasteiger partial charge is 0.508 e. The lowest BCUT2D eigenvalue weighted by molar-refractivity contribution is 0.128. The average molecular weight is 436 g/mol. The summed E-state index contributed by atoms with van der Waals surface area (Å²) in [7, 11) is -3.70. The van der Waals surface area contributed by atoms with Crippen LogP contribution in [0.15, 0.2) is 78.9 Å². The van der Waals surface area contributed by atoms with Gasteiger partial charge < -0.3 is 14.9 Å². The molecular weight excluding hydrogens is 414 g/mol. The topological polar surface area (TPSA) is 95.9 Å². The van der Waals surface area contributed by atoms with E-state index in [0.29, 0.717) is 12.1 Å². The van der Waals surface area contributed by atoms with Gasteiger partial charge in [-0.1, -0.05) is 42.5 Å². The molecule has 158 valence electrons. The van der Waals surface area contributed by atoms with Gasteiger partial charge in [0, 0.05) is 5.69 Å². The van der Waals surface area contributed by atoms with E-state index in [4.69, 9.17) is 4.74 Å². The second-order valence-electron chi connectivity index (χ2n) is 7.75. The van der Waals surface area contributed by atoms with E-state index in [-0.39, 0.29) is 17.6 Å². The first kappa shape index (κ1) is 19.7. The van der Waals surface area contributed by atoms with Crippen molar-refractivity contribution >= 4 is 26.9 Å². The van der Waals surface area contributed by atoms with Crippen LogP contribution in [0.1, 0.15) is 17.5 Å². The molecule has 31 heavy (non-hydrogen) atoms. The molecule has 2 bridgehead atoms. The SMILES string of the molecule is O=S(=O)(Nc1ccccc1)[C@H]1C[C@H]2O[C@@H]1C(c1ccc(O)cc1)=C2c1ccc(O)cc1. The number of nitrogens with one attached hydrogen (secondary N) is 1. The first-order chi connectivity index (χ1) is 14.9. The van der Waals surface area contributed by atoms with E-state index in [1.165, 1.54) is 0 Å². The Morgan fingerprint density at radius 3 is 1.90 bits per heavy atom. The van der Waals surface area contributed by atoms with Gasteiger partial charge in [0.25, 0.3) is 0 Å². The number of benzene rings is 3. The van der Waals surface area contributed by atoms with Gasteiger partial charge in [0.1, 0.15) is 22.9 Å². The van der Waals surface area contributed by atoms with Crippen LogP contribution in [0.4, 0.5) is 5.69 Å². The molecule has 0 aliphatic carbocycles. The molecule has 3 N–H and O–H groups in total. The van der Waals surface area contributed by atoms with E-state index in [2.05, 4.69) is 4.72 Å². The third-order valence-corrected chi connectivity index (χ3v) is 7.54. The minimum absolute atomic E-state index is 0.134. The minimum atomic E-state index is -3.70. The van der Waals surface area contributed by atoms with Gasteiger partial charge in [-0.3, -0.25) is 4.72 Å². The van der Waals surface area contributed by atoms with Gasteiger partial charge in [0.15, 0.2) is 0 Å². The predicted molar refractivity (Wildman–Crippen MR) is 119 cm³/mol. The maximum Gasteiger partial charge on any atom is 0.238 e. The lowest BCUT2D eigenvalue weighted by atomic mass is 9.83. The third-order valence-electron chi connectivity index (χ3n) is 5.78. The van der Waals surface area contributed by atoms with Crippen molar-refractivity contribution in [2.45, 2.75) is 23.9 Å². The highest BCUT2D eigenvalue weighted by Crippen LogP contribution is 2.50. The zero-order chi connectivity index (χ0) is 21.6. The number of anilines is 1. The standard InChI is InChI=1S/C24H21NO5S/c26-18-10-6-15(7-11-18)22-20-14-21(31(28,29)25-17-4-2-1-3-5-17)24(30-20)23(22)16-8-12-19(27)13-9-16/h1-13,20-21,24-27H,14H2/t20-,21+,24+/m1/s1. The molecular formula is C24H21NO5S. The smallest absolute Gasteiger partial charge is 0.238 e. The van der Waals surface area contributed by atoms with E-state index in [1.54, 1.807) is 72.8 Å². The van der Waals surface area contributed by atoms with Crippen LogP contribution in [0.3, 0.4) is 0 Å². The monoisotopic (exact) mass is 435 g/mol. The summed E-state index contributed by atoms with van der Waals surface area (Å²) in [6, 6.07) is 22.3.